The van der Waals surface area contributed by atoms with Crippen LogP contribution in [0.2, 0.25) is 0 Å². The molecular formula is C9H14O4. The lowest BCUT2D eigenvalue weighted by Gasteiger charge is -2.30. The fourth-order valence-corrected chi connectivity index (χ4v) is 1.57. The van der Waals surface area contributed by atoms with E-state index in [1.807, 2.05) is 6.92 Å². The first-order chi connectivity index (χ1) is 6.02. The Labute approximate surface area is 76.9 Å². The quantitative estimate of drug-likeness (QED) is 0.654. The minimum atomic E-state index is -0.911. The van der Waals surface area contributed by atoms with Gasteiger partial charge in [0.15, 0.2) is 0 Å². The fourth-order valence-electron chi connectivity index (χ4n) is 1.57. The Balaban J connectivity index is 2.65. The van der Waals surface area contributed by atoms with E-state index < -0.39 is 18.0 Å². The molecule has 1 N–H and O–H groups in total. The second kappa shape index (κ2) is 3.77. The molecule has 1 saturated heterocycles. The molecule has 4 nitrogen and oxygen atoms in total. The maximum absolute atomic E-state index is 10.9. The Morgan fingerprint density at radius 2 is 2.31 bits per heavy atom. The van der Waals surface area contributed by atoms with Crippen molar-refractivity contribution in [3.8, 4) is 0 Å². The van der Waals surface area contributed by atoms with E-state index in [4.69, 9.17) is 9.84 Å². The number of carbonyl (C=O) groups excluding carboxylic acids is 1. The maximum Gasteiger partial charge on any atom is 0.309 e. The number of esters is 1. The predicted octanol–water partition coefficient (Wildman–Crippen LogP) is 1.05. The summed E-state index contributed by atoms with van der Waals surface area (Å²) in [5.74, 6) is -1.66. The Bertz CT molecular complexity index is 222. The van der Waals surface area contributed by atoms with E-state index in [0.29, 0.717) is 6.42 Å². The Morgan fingerprint density at radius 3 is 2.85 bits per heavy atom. The molecule has 1 aliphatic heterocycles. The number of hydrogen-bond acceptors (Lipinski definition) is 3. The molecule has 0 aromatic heterocycles. The number of ether oxygens (including phenoxy) is 1. The molecule has 1 aliphatic rings. The van der Waals surface area contributed by atoms with Crippen LogP contribution in [0.3, 0.4) is 0 Å². The second-order valence-electron chi connectivity index (χ2n) is 3.60. The standard InChI is InChI=1S/C9H14O4/c1-5-3-4-7(10)13-8(5)6(2)9(11)12/h5-6,8H,3-4H2,1-2H3,(H,11,12). The molecule has 0 saturated carbocycles. The van der Waals surface area contributed by atoms with Crippen molar-refractivity contribution in [2.24, 2.45) is 11.8 Å². The van der Waals surface area contributed by atoms with Crippen LogP contribution in [0.4, 0.5) is 0 Å². The van der Waals surface area contributed by atoms with Crippen LogP contribution in [0.25, 0.3) is 0 Å². The average Bonchev–Trinajstić information content (AvgIpc) is 2.08. The molecule has 0 aromatic carbocycles. The molecule has 0 aliphatic carbocycles. The van der Waals surface area contributed by atoms with Crippen LogP contribution in [0.15, 0.2) is 0 Å². The Hall–Kier alpha value is -1.06. The molecular weight excluding hydrogens is 172 g/mol. The molecule has 4 heteroatoms. The average molecular weight is 186 g/mol. The summed E-state index contributed by atoms with van der Waals surface area (Å²) >= 11 is 0. The molecule has 3 unspecified atom stereocenters. The van der Waals surface area contributed by atoms with Gasteiger partial charge in [-0.2, -0.15) is 0 Å². The van der Waals surface area contributed by atoms with Gasteiger partial charge in [-0.3, -0.25) is 9.59 Å². The number of hydrogen-bond donors (Lipinski definition) is 1. The van der Waals surface area contributed by atoms with Crippen LogP contribution >= 0.6 is 0 Å². The SMILES string of the molecule is CC1CCC(=O)OC1C(C)C(=O)O. The van der Waals surface area contributed by atoms with Crippen LogP contribution in [-0.2, 0) is 14.3 Å². The molecule has 13 heavy (non-hydrogen) atoms. The summed E-state index contributed by atoms with van der Waals surface area (Å²) < 4.78 is 5.00. The largest absolute Gasteiger partial charge is 0.481 e. The minimum Gasteiger partial charge on any atom is -0.481 e. The monoisotopic (exact) mass is 186 g/mol. The first kappa shape index (κ1) is 10.0. The zero-order chi connectivity index (χ0) is 10.0. The third-order valence-electron chi connectivity index (χ3n) is 2.51. The van der Waals surface area contributed by atoms with Gasteiger partial charge in [-0.15, -0.1) is 0 Å². The van der Waals surface area contributed by atoms with Gasteiger partial charge in [-0.1, -0.05) is 6.92 Å². The van der Waals surface area contributed by atoms with Gasteiger partial charge in [0, 0.05) is 6.42 Å². The van der Waals surface area contributed by atoms with Gasteiger partial charge in [0.1, 0.15) is 6.10 Å². The van der Waals surface area contributed by atoms with E-state index in [9.17, 15) is 9.59 Å². The topological polar surface area (TPSA) is 63.6 Å². The summed E-state index contributed by atoms with van der Waals surface area (Å²) in [6.45, 7) is 3.48. The first-order valence-corrected chi connectivity index (χ1v) is 4.44. The Kier molecular flexibility index (Phi) is 2.90. The van der Waals surface area contributed by atoms with Gasteiger partial charge in [0.25, 0.3) is 0 Å². The van der Waals surface area contributed by atoms with Gasteiger partial charge in [-0.25, -0.2) is 0 Å². The van der Waals surface area contributed by atoms with Crippen molar-refractivity contribution in [1.29, 1.82) is 0 Å². The molecule has 0 bridgehead atoms. The van der Waals surface area contributed by atoms with E-state index in [-0.39, 0.29) is 11.9 Å². The van der Waals surface area contributed by atoms with Gasteiger partial charge >= 0.3 is 11.9 Å². The summed E-state index contributed by atoms with van der Waals surface area (Å²) in [5.41, 5.74) is 0. The third-order valence-corrected chi connectivity index (χ3v) is 2.51. The number of aliphatic carboxylic acids is 1. The molecule has 1 heterocycles. The summed E-state index contributed by atoms with van der Waals surface area (Å²) in [4.78, 5) is 21.6. The summed E-state index contributed by atoms with van der Waals surface area (Å²) in [5, 5.41) is 8.75. The van der Waals surface area contributed by atoms with Crippen molar-refractivity contribution >= 4 is 11.9 Å². The molecule has 0 aromatic rings. The highest BCUT2D eigenvalue weighted by Crippen LogP contribution is 2.26. The van der Waals surface area contributed by atoms with E-state index in [1.165, 1.54) is 0 Å². The second-order valence-corrected chi connectivity index (χ2v) is 3.60. The van der Waals surface area contributed by atoms with E-state index in [2.05, 4.69) is 0 Å². The number of carboxylic acids is 1. The van der Waals surface area contributed by atoms with E-state index in [1.54, 1.807) is 6.92 Å². The zero-order valence-corrected chi connectivity index (χ0v) is 7.82. The van der Waals surface area contributed by atoms with E-state index in [0.717, 1.165) is 6.42 Å². The summed E-state index contributed by atoms with van der Waals surface area (Å²) in [6, 6.07) is 0. The van der Waals surface area contributed by atoms with Crippen LogP contribution in [0.5, 0.6) is 0 Å². The van der Waals surface area contributed by atoms with Crippen molar-refractivity contribution < 1.29 is 19.4 Å². The Morgan fingerprint density at radius 1 is 1.69 bits per heavy atom. The number of cyclic esters (lactones) is 1. The van der Waals surface area contributed by atoms with Gasteiger partial charge in [-0.05, 0) is 19.3 Å². The highest BCUT2D eigenvalue weighted by Gasteiger charge is 2.35. The molecule has 74 valence electrons. The van der Waals surface area contributed by atoms with Gasteiger partial charge < -0.3 is 9.84 Å². The molecule has 1 fully saturated rings. The lowest BCUT2D eigenvalue weighted by Crippen LogP contribution is -2.39. The minimum absolute atomic E-state index is 0.142. The highest BCUT2D eigenvalue weighted by molar-refractivity contribution is 5.73. The molecule has 1 rings (SSSR count). The molecule has 0 radical (unpaired) electrons. The number of carboxylic acid groups (broad SMARTS) is 1. The summed E-state index contributed by atoms with van der Waals surface area (Å²) in [6.07, 6.45) is 0.671. The normalized spacial score (nSPS) is 30.8. The lowest BCUT2D eigenvalue weighted by molar-refractivity contribution is -0.167. The fraction of sp³-hybridized carbons (Fsp3) is 0.778. The molecule has 3 atom stereocenters. The molecule has 0 amide bonds. The smallest absolute Gasteiger partial charge is 0.309 e. The molecule has 0 spiro atoms. The maximum atomic E-state index is 10.9. The van der Waals surface area contributed by atoms with Crippen LogP contribution in [-0.4, -0.2) is 23.1 Å². The van der Waals surface area contributed by atoms with Crippen LogP contribution < -0.4 is 0 Å². The van der Waals surface area contributed by atoms with Crippen molar-refractivity contribution in [3.05, 3.63) is 0 Å². The van der Waals surface area contributed by atoms with E-state index >= 15 is 0 Å². The van der Waals surface area contributed by atoms with Crippen molar-refractivity contribution in [1.82, 2.24) is 0 Å². The number of carbonyl (C=O) groups is 2. The zero-order valence-electron chi connectivity index (χ0n) is 7.82. The van der Waals surface area contributed by atoms with Gasteiger partial charge in [0.2, 0.25) is 0 Å². The first-order valence-electron chi connectivity index (χ1n) is 4.44. The van der Waals surface area contributed by atoms with Crippen LogP contribution in [0, 0.1) is 11.8 Å². The lowest BCUT2D eigenvalue weighted by atomic mass is 9.88. The van der Waals surface area contributed by atoms with Crippen molar-refractivity contribution in [3.63, 3.8) is 0 Å². The van der Waals surface area contributed by atoms with Crippen LogP contribution in [0.1, 0.15) is 26.7 Å². The van der Waals surface area contributed by atoms with Crippen molar-refractivity contribution in [2.45, 2.75) is 32.8 Å². The van der Waals surface area contributed by atoms with Crippen molar-refractivity contribution in [2.75, 3.05) is 0 Å². The summed E-state index contributed by atoms with van der Waals surface area (Å²) in [7, 11) is 0. The highest BCUT2D eigenvalue weighted by atomic mass is 16.5. The van der Waals surface area contributed by atoms with Gasteiger partial charge in [0.05, 0.1) is 5.92 Å². The number of rotatable bonds is 2. The third kappa shape index (κ3) is 2.20. The predicted molar refractivity (Wildman–Crippen MR) is 45.1 cm³/mol.